The van der Waals surface area contributed by atoms with Crippen LogP contribution >= 0.6 is 0 Å². The van der Waals surface area contributed by atoms with Gasteiger partial charge in [-0.25, -0.2) is 9.97 Å². The first kappa shape index (κ1) is 17.0. The number of carbonyl (C=O) groups is 1. The molecule has 3 aromatic rings. The van der Waals surface area contributed by atoms with E-state index in [0.29, 0.717) is 24.0 Å². The highest BCUT2D eigenvalue weighted by Gasteiger charge is 2.28. The molecule has 0 spiro atoms. The summed E-state index contributed by atoms with van der Waals surface area (Å²) in [5, 5.41) is 0.957. The van der Waals surface area contributed by atoms with Crippen LogP contribution in [0.3, 0.4) is 0 Å². The Hall–Kier alpha value is -2.47. The van der Waals surface area contributed by atoms with Gasteiger partial charge in [0.1, 0.15) is 23.4 Å². The Morgan fingerprint density at radius 2 is 2.12 bits per heavy atom. The van der Waals surface area contributed by atoms with E-state index in [1.54, 1.807) is 12.4 Å². The number of nitrogens with zero attached hydrogens (tertiary/aromatic N) is 2. The van der Waals surface area contributed by atoms with E-state index in [0.717, 1.165) is 48.0 Å². The molecule has 4 rings (SSSR count). The number of ketones is 1. The Balaban J connectivity index is 1.51. The second-order valence-electron chi connectivity index (χ2n) is 7.37. The van der Waals surface area contributed by atoms with Crippen molar-refractivity contribution in [2.75, 3.05) is 0 Å². The van der Waals surface area contributed by atoms with Gasteiger partial charge in [-0.3, -0.25) is 4.79 Å². The summed E-state index contributed by atoms with van der Waals surface area (Å²) in [5.41, 5.74) is 8.54. The van der Waals surface area contributed by atoms with E-state index >= 15 is 0 Å². The van der Waals surface area contributed by atoms with Crippen molar-refractivity contribution in [1.29, 1.82) is 0 Å². The molecule has 0 aliphatic heterocycles. The summed E-state index contributed by atoms with van der Waals surface area (Å²) in [7, 11) is 0. The highest BCUT2D eigenvalue weighted by molar-refractivity contribution is 5.91. The molecular formula is C20H24N4O2. The molecule has 1 aliphatic carbocycles. The maximum atomic E-state index is 12.8. The number of nitrogens with one attached hydrogen (secondary N) is 1. The number of oxazole rings is 1. The van der Waals surface area contributed by atoms with E-state index in [2.05, 4.69) is 21.9 Å². The quantitative estimate of drug-likeness (QED) is 0.732. The van der Waals surface area contributed by atoms with Gasteiger partial charge in [-0.2, -0.15) is 0 Å². The highest BCUT2D eigenvalue weighted by Crippen LogP contribution is 2.32. The fourth-order valence-electron chi connectivity index (χ4n) is 4.01. The molecule has 0 radical (unpaired) electrons. The zero-order chi connectivity index (χ0) is 18.1. The Morgan fingerprint density at radius 3 is 2.81 bits per heavy atom. The van der Waals surface area contributed by atoms with Crippen molar-refractivity contribution in [1.82, 2.24) is 15.0 Å². The zero-order valence-electron chi connectivity index (χ0n) is 14.9. The maximum Gasteiger partial charge on any atom is 0.242 e. The van der Waals surface area contributed by atoms with Gasteiger partial charge in [-0.15, -0.1) is 0 Å². The summed E-state index contributed by atoms with van der Waals surface area (Å²) in [6.07, 6.45) is 9.34. The Kier molecular flexibility index (Phi) is 4.59. The van der Waals surface area contributed by atoms with Crippen LogP contribution in [-0.4, -0.2) is 26.8 Å². The molecule has 136 valence electrons. The van der Waals surface area contributed by atoms with Gasteiger partial charge in [0.15, 0.2) is 0 Å². The number of Topliss-reactive ketones (excluding diaryl/α,β-unsaturated/α-hetero) is 1. The van der Waals surface area contributed by atoms with E-state index in [1.165, 1.54) is 6.26 Å². The third-order valence-electron chi connectivity index (χ3n) is 5.62. The average Bonchev–Trinajstić information content (AvgIpc) is 3.31. The van der Waals surface area contributed by atoms with Gasteiger partial charge in [-0.1, -0.05) is 0 Å². The first-order valence-electron chi connectivity index (χ1n) is 9.26. The number of rotatable bonds is 5. The van der Waals surface area contributed by atoms with Gasteiger partial charge in [0.2, 0.25) is 5.89 Å². The van der Waals surface area contributed by atoms with Gasteiger partial charge < -0.3 is 15.1 Å². The number of H-pyrrole nitrogens is 1. The fourth-order valence-corrected chi connectivity index (χ4v) is 4.01. The van der Waals surface area contributed by atoms with Crippen molar-refractivity contribution in [2.45, 2.75) is 45.1 Å². The molecule has 3 N–H and O–H groups in total. The lowest BCUT2D eigenvalue weighted by Gasteiger charge is -2.30. The molecule has 0 bridgehead atoms. The van der Waals surface area contributed by atoms with Crippen LogP contribution in [0.15, 0.2) is 35.2 Å². The summed E-state index contributed by atoms with van der Waals surface area (Å²) >= 11 is 0. The lowest BCUT2D eigenvalue weighted by molar-refractivity contribution is -0.123. The van der Waals surface area contributed by atoms with Crippen molar-refractivity contribution in [3.05, 3.63) is 36.4 Å². The number of hydrogen-bond acceptors (Lipinski definition) is 5. The first-order chi connectivity index (χ1) is 12.6. The van der Waals surface area contributed by atoms with Crippen LogP contribution in [0.2, 0.25) is 0 Å². The molecular weight excluding hydrogens is 328 g/mol. The van der Waals surface area contributed by atoms with Crippen LogP contribution < -0.4 is 5.73 Å². The largest absolute Gasteiger partial charge is 0.443 e. The number of aromatic nitrogens is 3. The summed E-state index contributed by atoms with van der Waals surface area (Å²) < 4.78 is 5.35. The molecule has 6 heteroatoms. The topological polar surface area (TPSA) is 97.8 Å². The number of nitrogens with two attached hydrogens (primary N) is 1. The van der Waals surface area contributed by atoms with E-state index in [9.17, 15) is 4.79 Å². The Labute approximate surface area is 152 Å². The van der Waals surface area contributed by atoms with E-state index in [4.69, 9.17) is 10.2 Å². The smallest absolute Gasteiger partial charge is 0.242 e. The predicted molar refractivity (Wildman–Crippen MR) is 99.4 cm³/mol. The van der Waals surface area contributed by atoms with Crippen molar-refractivity contribution < 1.29 is 9.21 Å². The number of fused-ring (bicyclic) bond motifs is 1. The first-order valence-corrected chi connectivity index (χ1v) is 9.26. The van der Waals surface area contributed by atoms with Crippen LogP contribution in [-0.2, 0) is 11.2 Å². The molecule has 1 fully saturated rings. The van der Waals surface area contributed by atoms with Crippen LogP contribution in [0.4, 0.5) is 0 Å². The highest BCUT2D eigenvalue weighted by atomic mass is 16.3. The van der Waals surface area contributed by atoms with Crippen LogP contribution in [0, 0.1) is 11.8 Å². The Morgan fingerprint density at radius 1 is 1.31 bits per heavy atom. The molecule has 6 nitrogen and oxygen atoms in total. The van der Waals surface area contributed by atoms with Crippen molar-refractivity contribution in [3.63, 3.8) is 0 Å². The normalized spacial score (nSPS) is 21.8. The zero-order valence-corrected chi connectivity index (χ0v) is 14.9. The molecule has 1 atom stereocenters. The number of pyridine rings is 1. The summed E-state index contributed by atoms with van der Waals surface area (Å²) in [6, 6.07) is 4.12. The molecule has 3 heterocycles. The maximum absolute atomic E-state index is 12.8. The molecule has 26 heavy (non-hydrogen) atoms. The molecule has 1 saturated carbocycles. The minimum absolute atomic E-state index is 0.151. The van der Waals surface area contributed by atoms with Crippen molar-refractivity contribution in [3.8, 4) is 11.6 Å². The lowest BCUT2D eigenvalue weighted by atomic mass is 9.76. The summed E-state index contributed by atoms with van der Waals surface area (Å²) in [4.78, 5) is 24.6. The van der Waals surface area contributed by atoms with Gasteiger partial charge in [0.25, 0.3) is 0 Å². The van der Waals surface area contributed by atoms with Crippen LogP contribution in [0.25, 0.3) is 22.6 Å². The minimum atomic E-state index is 0.151. The van der Waals surface area contributed by atoms with Crippen molar-refractivity contribution in [2.24, 2.45) is 17.6 Å². The molecule has 1 aliphatic rings. The van der Waals surface area contributed by atoms with E-state index < -0.39 is 0 Å². The number of aromatic amines is 1. The van der Waals surface area contributed by atoms with Gasteiger partial charge in [0.05, 0.1) is 6.20 Å². The molecule has 0 aromatic carbocycles. The molecule has 0 amide bonds. The van der Waals surface area contributed by atoms with Crippen LogP contribution in [0.1, 0.15) is 38.2 Å². The predicted octanol–water partition coefficient (Wildman–Crippen LogP) is 3.48. The molecule has 0 saturated heterocycles. The fraction of sp³-hybridized carbons (Fsp3) is 0.450. The van der Waals surface area contributed by atoms with Crippen LogP contribution in [0.5, 0.6) is 0 Å². The second kappa shape index (κ2) is 7.03. The molecule has 3 aromatic heterocycles. The molecule has 1 unspecified atom stereocenters. The lowest BCUT2D eigenvalue weighted by Crippen LogP contribution is -2.32. The monoisotopic (exact) mass is 352 g/mol. The minimum Gasteiger partial charge on any atom is -0.443 e. The Bertz CT molecular complexity index is 890. The second-order valence-corrected chi connectivity index (χ2v) is 7.37. The average molecular weight is 352 g/mol. The van der Waals surface area contributed by atoms with Crippen molar-refractivity contribution >= 4 is 16.8 Å². The summed E-state index contributed by atoms with van der Waals surface area (Å²) in [5.74, 6) is 1.55. The van der Waals surface area contributed by atoms with E-state index in [1.807, 2.05) is 12.1 Å². The van der Waals surface area contributed by atoms with E-state index in [-0.39, 0.29) is 12.0 Å². The van der Waals surface area contributed by atoms with Gasteiger partial charge in [-0.05, 0) is 56.2 Å². The third kappa shape index (κ3) is 3.29. The van der Waals surface area contributed by atoms with Gasteiger partial charge >= 0.3 is 0 Å². The summed E-state index contributed by atoms with van der Waals surface area (Å²) in [6.45, 7) is 2.07. The number of carbonyl (C=O) groups excluding carboxylic acids is 1. The SMILES string of the molecule is CC(N)C1CCC(C(=O)Cc2ccnc3[nH]c(-c4ncco4)cc23)CC1. The standard InChI is InChI=1S/C20H24N4O2/c1-12(21)13-2-4-14(5-3-13)18(25)10-15-6-7-22-19-16(15)11-17(24-19)20-23-8-9-26-20/h6-9,11-14H,2-5,10,21H2,1H3,(H,22,24). The third-order valence-corrected chi connectivity index (χ3v) is 5.62. The van der Waals surface area contributed by atoms with Gasteiger partial charge in [0, 0.05) is 30.0 Å². The number of hydrogen-bond donors (Lipinski definition) is 2.